The van der Waals surface area contributed by atoms with E-state index in [1.807, 2.05) is 6.07 Å². The second-order valence-electron chi connectivity index (χ2n) is 4.42. The summed E-state index contributed by atoms with van der Waals surface area (Å²) >= 11 is 0. The monoisotopic (exact) mass is 247 g/mol. The van der Waals surface area contributed by atoms with Gasteiger partial charge in [-0.15, -0.1) is 0 Å². The smallest absolute Gasteiger partial charge is 0.260 e. The van der Waals surface area contributed by atoms with Crippen LogP contribution in [0.1, 0.15) is 29.6 Å². The van der Waals surface area contributed by atoms with Crippen molar-refractivity contribution >= 4 is 11.8 Å². The Kier molecular flexibility index (Phi) is 4.10. The Morgan fingerprint density at radius 1 is 1.33 bits per heavy atom. The van der Waals surface area contributed by atoms with Crippen LogP contribution in [-0.2, 0) is 9.53 Å². The third-order valence-electron chi connectivity index (χ3n) is 3.21. The quantitative estimate of drug-likeness (QED) is 0.749. The summed E-state index contributed by atoms with van der Waals surface area (Å²) < 4.78 is 5.22. The number of amides is 2. The van der Waals surface area contributed by atoms with Crippen molar-refractivity contribution in [3.05, 3.63) is 35.9 Å². The molecule has 1 aliphatic rings. The van der Waals surface area contributed by atoms with E-state index in [0.717, 1.165) is 12.8 Å². The highest BCUT2D eigenvalue weighted by Crippen LogP contribution is 2.17. The van der Waals surface area contributed by atoms with E-state index >= 15 is 0 Å². The van der Waals surface area contributed by atoms with Gasteiger partial charge in [0.25, 0.3) is 5.91 Å². The molecule has 0 radical (unpaired) electrons. The maximum atomic E-state index is 12.2. The molecule has 1 fully saturated rings. The Morgan fingerprint density at radius 2 is 2.06 bits per heavy atom. The van der Waals surface area contributed by atoms with Crippen molar-refractivity contribution in [1.29, 1.82) is 0 Å². The molecule has 0 N–H and O–H groups in total. The summed E-state index contributed by atoms with van der Waals surface area (Å²) in [6.45, 7) is 0.479. The largest absolute Gasteiger partial charge is 0.381 e. The third-order valence-corrected chi connectivity index (χ3v) is 3.21. The molecule has 18 heavy (non-hydrogen) atoms. The molecule has 2 rings (SSSR count). The molecule has 4 heteroatoms. The highest BCUT2D eigenvalue weighted by molar-refractivity contribution is 6.04. The van der Waals surface area contributed by atoms with Crippen LogP contribution < -0.4 is 0 Å². The van der Waals surface area contributed by atoms with Gasteiger partial charge in [-0.1, -0.05) is 18.2 Å². The van der Waals surface area contributed by atoms with Crippen LogP contribution in [0.4, 0.5) is 0 Å². The van der Waals surface area contributed by atoms with Crippen molar-refractivity contribution < 1.29 is 14.3 Å². The fraction of sp³-hybridized carbons (Fsp3) is 0.429. The van der Waals surface area contributed by atoms with E-state index in [2.05, 4.69) is 0 Å². The molecule has 1 unspecified atom stereocenters. The highest BCUT2D eigenvalue weighted by atomic mass is 16.5. The number of imide groups is 1. The molecule has 1 aliphatic heterocycles. The summed E-state index contributed by atoms with van der Waals surface area (Å²) in [5.41, 5.74) is 0.557. The molecule has 1 heterocycles. The predicted octanol–water partition coefficient (Wildman–Crippen LogP) is 1.85. The van der Waals surface area contributed by atoms with Crippen molar-refractivity contribution in [2.75, 3.05) is 13.7 Å². The molecule has 1 aromatic rings. The first kappa shape index (κ1) is 12.8. The van der Waals surface area contributed by atoms with Crippen molar-refractivity contribution in [3.8, 4) is 0 Å². The topological polar surface area (TPSA) is 46.6 Å². The second-order valence-corrected chi connectivity index (χ2v) is 4.42. The first-order chi connectivity index (χ1) is 8.72. The predicted molar refractivity (Wildman–Crippen MR) is 67.1 cm³/mol. The molecule has 0 saturated carbocycles. The number of hydrogen-bond acceptors (Lipinski definition) is 3. The number of benzene rings is 1. The van der Waals surface area contributed by atoms with E-state index in [1.54, 1.807) is 31.4 Å². The van der Waals surface area contributed by atoms with E-state index in [-0.39, 0.29) is 24.3 Å². The van der Waals surface area contributed by atoms with Crippen LogP contribution in [0, 0.1) is 0 Å². The molecule has 1 saturated heterocycles. The van der Waals surface area contributed by atoms with Gasteiger partial charge in [-0.05, 0) is 25.0 Å². The molecule has 4 nitrogen and oxygen atoms in total. The number of carbonyl (C=O) groups is 2. The first-order valence-electron chi connectivity index (χ1n) is 6.15. The highest BCUT2D eigenvalue weighted by Gasteiger charge is 2.28. The Balaban J connectivity index is 2.13. The number of ether oxygens (including phenoxy) is 1. The van der Waals surface area contributed by atoms with Crippen LogP contribution in [0.5, 0.6) is 0 Å². The summed E-state index contributed by atoms with van der Waals surface area (Å²) in [4.78, 5) is 25.6. The number of rotatable bonds is 2. The van der Waals surface area contributed by atoms with Gasteiger partial charge in [-0.2, -0.15) is 0 Å². The molecule has 0 aromatic heterocycles. The lowest BCUT2D eigenvalue weighted by molar-refractivity contribution is -0.130. The molecule has 0 spiro atoms. The Labute approximate surface area is 107 Å². The summed E-state index contributed by atoms with van der Waals surface area (Å²) in [7, 11) is 1.60. The number of carbonyl (C=O) groups excluding carboxylic acids is 2. The number of hydrogen-bond donors (Lipinski definition) is 0. The average Bonchev–Trinajstić information content (AvgIpc) is 2.60. The minimum Gasteiger partial charge on any atom is -0.381 e. The molecular formula is C14H17NO3. The van der Waals surface area contributed by atoms with Crippen LogP contribution >= 0.6 is 0 Å². The molecule has 1 aromatic carbocycles. The van der Waals surface area contributed by atoms with E-state index in [9.17, 15) is 9.59 Å². The number of likely N-dealkylation sites (tertiary alicyclic amines) is 1. The maximum Gasteiger partial charge on any atom is 0.260 e. The van der Waals surface area contributed by atoms with Crippen LogP contribution in [0.25, 0.3) is 0 Å². The molecule has 1 atom stereocenters. The average molecular weight is 247 g/mol. The summed E-state index contributed by atoms with van der Waals surface area (Å²) in [6.07, 6.45) is 1.84. The normalized spacial score (nSPS) is 20.6. The Morgan fingerprint density at radius 3 is 2.72 bits per heavy atom. The second kappa shape index (κ2) is 5.78. The van der Waals surface area contributed by atoms with Crippen molar-refractivity contribution in [1.82, 2.24) is 4.90 Å². The van der Waals surface area contributed by atoms with Crippen molar-refractivity contribution in [2.24, 2.45) is 0 Å². The maximum absolute atomic E-state index is 12.2. The van der Waals surface area contributed by atoms with Gasteiger partial charge in [0.15, 0.2) is 0 Å². The van der Waals surface area contributed by atoms with Gasteiger partial charge in [-0.25, -0.2) is 0 Å². The van der Waals surface area contributed by atoms with E-state index in [4.69, 9.17) is 4.74 Å². The van der Waals surface area contributed by atoms with Crippen LogP contribution in [-0.4, -0.2) is 36.5 Å². The molecular weight excluding hydrogens is 230 g/mol. The number of methoxy groups -OCH3 is 1. The Hall–Kier alpha value is -1.68. The van der Waals surface area contributed by atoms with Crippen LogP contribution in [0.3, 0.4) is 0 Å². The molecule has 0 aliphatic carbocycles. The Bertz CT molecular complexity index is 430. The van der Waals surface area contributed by atoms with E-state index in [1.165, 1.54) is 4.90 Å². The van der Waals surface area contributed by atoms with Gasteiger partial charge in [0, 0.05) is 19.2 Å². The fourth-order valence-corrected chi connectivity index (χ4v) is 2.16. The zero-order valence-corrected chi connectivity index (χ0v) is 10.5. The lowest BCUT2D eigenvalue weighted by atomic mass is 10.1. The third kappa shape index (κ3) is 2.76. The van der Waals surface area contributed by atoms with Crippen LogP contribution in [0.2, 0.25) is 0 Å². The molecule has 96 valence electrons. The minimum absolute atomic E-state index is 0.0638. The minimum atomic E-state index is -0.211. The van der Waals surface area contributed by atoms with Gasteiger partial charge >= 0.3 is 0 Å². The van der Waals surface area contributed by atoms with Crippen molar-refractivity contribution in [2.45, 2.75) is 25.4 Å². The van der Waals surface area contributed by atoms with E-state index in [0.29, 0.717) is 12.1 Å². The SMILES string of the molecule is COC1CCCN(C(=O)c2ccccc2)C(=O)C1. The molecule has 0 bridgehead atoms. The zero-order chi connectivity index (χ0) is 13.0. The van der Waals surface area contributed by atoms with Crippen molar-refractivity contribution in [3.63, 3.8) is 0 Å². The van der Waals surface area contributed by atoms with Gasteiger partial charge < -0.3 is 4.74 Å². The van der Waals surface area contributed by atoms with Crippen LogP contribution in [0.15, 0.2) is 30.3 Å². The summed E-state index contributed by atoms with van der Waals surface area (Å²) in [5, 5.41) is 0. The zero-order valence-electron chi connectivity index (χ0n) is 10.5. The summed E-state index contributed by atoms with van der Waals surface area (Å²) in [6, 6.07) is 8.91. The number of nitrogens with zero attached hydrogens (tertiary/aromatic N) is 1. The van der Waals surface area contributed by atoms with Gasteiger partial charge in [-0.3, -0.25) is 14.5 Å². The summed E-state index contributed by atoms with van der Waals surface area (Å²) in [5.74, 6) is -0.356. The van der Waals surface area contributed by atoms with Gasteiger partial charge in [0.1, 0.15) is 0 Å². The van der Waals surface area contributed by atoms with Gasteiger partial charge in [0.2, 0.25) is 5.91 Å². The first-order valence-corrected chi connectivity index (χ1v) is 6.15. The molecule has 2 amide bonds. The van der Waals surface area contributed by atoms with Gasteiger partial charge in [0.05, 0.1) is 12.5 Å². The lowest BCUT2D eigenvalue weighted by Gasteiger charge is -2.18. The fourth-order valence-electron chi connectivity index (χ4n) is 2.16. The standard InChI is InChI=1S/C14H17NO3/c1-18-12-8-5-9-15(13(16)10-12)14(17)11-6-3-2-4-7-11/h2-4,6-7,12H,5,8-10H2,1H3. The van der Waals surface area contributed by atoms with E-state index < -0.39 is 0 Å². The lowest BCUT2D eigenvalue weighted by Crippen LogP contribution is -2.37.